The van der Waals surface area contributed by atoms with Gasteiger partial charge in [0.05, 0.1) is 17.3 Å². The highest BCUT2D eigenvalue weighted by Gasteiger charge is 2.17. The van der Waals surface area contributed by atoms with Gasteiger partial charge in [0.1, 0.15) is 22.9 Å². The molecule has 0 aliphatic carbocycles. The van der Waals surface area contributed by atoms with Gasteiger partial charge >= 0.3 is 19.1 Å². The highest BCUT2D eigenvalue weighted by atomic mass is 79.9. The fraction of sp³-hybridized carbons (Fsp3) is 0.545. The molecule has 0 atom stereocenters. The summed E-state index contributed by atoms with van der Waals surface area (Å²) in [5.41, 5.74) is -0.712. The Morgan fingerprint density at radius 2 is 1.15 bits per heavy atom. The summed E-state index contributed by atoms with van der Waals surface area (Å²) in [4.78, 5) is 38.9. The normalized spacial score (nSPS) is 11.2. The Labute approximate surface area is 208 Å². The van der Waals surface area contributed by atoms with Gasteiger partial charge in [-0.1, -0.05) is 0 Å². The summed E-state index contributed by atoms with van der Waals surface area (Å²) in [6.45, 7) is 11.0. The smallest absolute Gasteiger partial charge is 0.460 e. The molecule has 2 heterocycles. The van der Waals surface area contributed by atoms with E-state index in [2.05, 4.69) is 35.9 Å². The van der Waals surface area contributed by atoms with E-state index in [9.17, 15) is 9.59 Å². The van der Waals surface area contributed by atoms with E-state index in [1.807, 2.05) is 20.8 Å². The van der Waals surface area contributed by atoms with Crippen LogP contribution in [0.1, 0.15) is 66.0 Å². The van der Waals surface area contributed by atoms with Gasteiger partial charge in [0.2, 0.25) is 0 Å². The Morgan fingerprint density at radius 1 is 0.794 bits per heavy atom. The molecule has 0 aliphatic rings. The Morgan fingerprint density at radius 3 is 1.47 bits per heavy atom. The summed E-state index contributed by atoms with van der Waals surface area (Å²) in [5.74, 6) is 0.579. The number of aromatic nitrogens is 4. The van der Waals surface area contributed by atoms with Crippen LogP contribution in [-0.2, 0) is 31.9 Å². The second-order valence-electron chi connectivity index (χ2n) is 9.30. The Hall–Kier alpha value is -2.44. The third-order valence-corrected chi connectivity index (χ3v) is 4.05. The van der Waals surface area contributed by atoms with Crippen molar-refractivity contribution in [2.24, 2.45) is 0 Å². The van der Waals surface area contributed by atoms with Crippen molar-refractivity contribution in [1.82, 2.24) is 19.9 Å². The second-order valence-corrected chi connectivity index (χ2v) is 10.2. The van der Waals surface area contributed by atoms with E-state index in [0.717, 1.165) is 4.47 Å². The summed E-state index contributed by atoms with van der Waals surface area (Å²) in [6, 6.07) is 0. The highest BCUT2D eigenvalue weighted by Crippen LogP contribution is 2.11. The van der Waals surface area contributed by atoms with Crippen LogP contribution in [-0.4, -0.2) is 60.2 Å². The zero-order valence-electron chi connectivity index (χ0n) is 20.4. The van der Waals surface area contributed by atoms with Crippen molar-refractivity contribution in [2.75, 3.05) is 0 Å². The fourth-order valence-corrected chi connectivity index (χ4v) is 2.51. The molecule has 186 valence electrons. The molecule has 0 saturated heterocycles. The van der Waals surface area contributed by atoms with Crippen LogP contribution in [0, 0.1) is 0 Å². The van der Waals surface area contributed by atoms with E-state index < -0.39 is 18.3 Å². The molecule has 2 rings (SSSR count). The van der Waals surface area contributed by atoms with Gasteiger partial charge in [-0.3, -0.25) is 9.59 Å². The van der Waals surface area contributed by atoms with Gasteiger partial charge in [-0.05, 0) is 57.5 Å². The minimum absolute atomic E-state index is 0.193. The van der Waals surface area contributed by atoms with Gasteiger partial charge in [-0.15, -0.1) is 0 Å². The Balaban J connectivity index is 0.000000342. The standard InChI is InChI=1S/C11H17BN2O4.C11H15BrN2O2/c1-11(2,3)18-10(15)5-4-9-13-6-8(7-14-9)12(16)17;1-11(2,3)16-10(15)5-4-9-13-6-8(12)7-14-9/h6-7,16-17H,4-5H2,1-3H3;6-7H,4-5H2,1-3H3. The van der Waals surface area contributed by atoms with E-state index >= 15 is 0 Å². The number of hydrogen-bond donors (Lipinski definition) is 2. The van der Waals surface area contributed by atoms with Crippen LogP contribution in [0.15, 0.2) is 29.3 Å². The lowest BCUT2D eigenvalue weighted by molar-refractivity contribution is -0.155. The molecular weight excluding hydrogens is 507 g/mol. The summed E-state index contributed by atoms with van der Waals surface area (Å²) in [7, 11) is -1.58. The predicted molar refractivity (Wildman–Crippen MR) is 130 cm³/mol. The number of aryl methyl sites for hydroxylation is 2. The van der Waals surface area contributed by atoms with E-state index in [1.165, 1.54) is 12.4 Å². The lowest BCUT2D eigenvalue weighted by Gasteiger charge is -2.19. The quantitative estimate of drug-likeness (QED) is 0.396. The molecule has 0 aliphatic heterocycles. The van der Waals surface area contributed by atoms with Crippen LogP contribution >= 0.6 is 15.9 Å². The average molecular weight is 539 g/mol. The first-order chi connectivity index (χ1) is 15.6. The van der Waals surface area contributed by atoms with Crippen molar-refractivity contribution in [3.05, 3.63) is 40.9 Å². The molecule has 10 nitrogen and oxygen atoms in total. The van der Waals surface area contributed by atoms with Gasteiger partial charge in [0.15, 0.2) is 0 Å². The number of esters is 2. The minimum Gasteiger partial charge on any atom is -0.460 e. The molecule has 34 heavy (non-hydrogen) atoms. The number of halogens is 1. The number of nitrogens with zero attached hydrogens (tertiary/aromatic N) is 4. The molecule has 0 unspecified atom stereocenters. The molecule has 0 bridgehead atoms. The molecule has 2 aromatic heterocycles. The average Bonchev–Trinajstić information content (AvgIpc) is 2.70. The molecule has 0 amide bonds. The van der Waals surface area contributed by atoms with Gasteiger partial charge < -0.3 is 19.5 Å². The first-order valence-corrected chi connectivity index (χ1v) is 11.5. The van der Waals surface area contributed by atoms with Crippen LogP contribution in [0.25, 0.3) is 0 Å². The van der Waals surface area contributed by atoms with E-state index in [1.54, 1.807) is 33.2 Å². The van der Waals surface area contributed by atoms with Crippen LogP contribution in [0.2, 0.25) is 0 Å². The third kappa shape index (κ3) is 14.0. The lowest BCUT2D eigenvalue weighted by atomic mass is 9.83. The SMILES string of the molecule is CC(C)(C)OC(=O)CCc1ncc(B(O)O)cn1.CC(C)(C)OC(=O)CCc1ncc(Br)cn1. The predicted octanol–water partition coefficient (Wildman–Crippen LogP) is 1.94. The van der Waals surface area contributed by atoms with Gasteiger partial charge in [-0.2, -0.15) is 0 Å². The van der Waals surface area contributed by atoms with Crippen molar-refractivity contribution in [1.29, 1.82) is 0 Å². The topological polar surface area (TPSA) is 145 Å². The van der Waals surface area contributed by atoms with Crippen molar-refractivity contribution >= 4 is 40.4 Å². The van der Waals surface area contributed by atoms with Crippen LogP contribution < -0.4 is 5.46 Å². The van der Waals surface area contributed by atoms with Gasteiger partial charge in [-0.25, -0.2) is 19.9 Å². The fourth-order valence-electron chi connectivity index (χ4n) is 2.31. The molecule has 2 aromatic rings. The summed E-state index contributed by atoms with van der Waals surface area (Å²) in [6.07, 6.45) is 7.33. The van der Waals surface area contributed by atoms with E-state index in [0.29, 0.717) is 30.9 Å². The van der Waals surface area contributed by atoms with Crippen LogP contribution in [0.5, 0.6) is 0 Å². The summed E-state index contributed by atoms with van der Waals surface area (Å²) in [5, 5.41) is 17.7. The Bertz CT molecular complexity index is 913. The molecule has 0 aromatic carbocycles. The molecule has 12 heteroatoms. The summed E-state index contributed by atoms with van der Waals surface area (Å²) < 4.78 is 11.2. The number of carbonyl (C=O) groups excluding carboxylic acids is 2. The molecule has 0 radical (unpaired) electrons. The maximum Gasteiger partial charge on any atom is 0.491 e. The number of ether oxygens (including phenoxy) is 2. The largest absolute Gasteiger partial charge is 0.491 e. The zero-order chi connectivity index (χ0) is 25.9. The maximum atomic E-state index is 11.4. The van der Waals surface area contributed by atoms with Crippen molar-refractivity contribution in [3.63, 3.8) is 0 Å². The number of carbonyl (C=O) groups is 2. The minimum atomic E-state index is -1.58. The molecule has 2 N–H and O–H groups in total. The molecular formula is C22H32BBrN4O6. The van der Waals surface area contributed by atoms with Gasteiger partial charge in [0, 0.05) is 43.1 Å². The monoisotopic (exact) mass is 538 g/mol. The lowest BCUT2D eigenvalue weighted by Crippen LogP contribution is -2.31. The second kappa shape index (κ2) is 13.5. The number of rotatable bonds is 7. The molecule has 0 fully saturated rings. The summed E-state index contributed by atoms with van der Waals surface area (Å²) >= 11 is 3.25. The van der Waals surface area contributed by atoms with Crippen molar-refractivity contribution < 1.29 is 29.1 Å². The maximum absolute atomic E-state index is 11.4. The molecule has 0 spiro atoms. The van der Waals surface area contributed by atoms with Gasteiger partial charge in [0.25, 0.3) is 0 Å². The van der Waals surface area contributed by atoms with Crippen molar-refractivity contribution in [3.8, 4) is 0 Å². The van der Waals surface area contributed by atoms with E-state index in [-0.39, 0.29) is 23.8 Å². The third-order valence-electron chi connectivity index (χ3n) is 3.64. The zero-order valence-corrected chi connectivity index (χ0v) is 22.0. The van der Waals surface area contributed by atoms with E-state index in [4.69, 9.17) is 19.5 Å². The number of hydrogen-bond acceptors (Lipinski definition) is 10. The van der Waals surface area contributed by atoms with Crippen LogP contribution in [0.4, 0.5) is 0 Å². The highest BCUT2D eigenvalue weighted by molar-refractivity contribution is 9.10. The van der Waals surface area contributed by atoms with Crippen molar-refractivity contribution in [2.45, 2.75) is 78.4 Å². The molecule has 0 saturated carbocycles. The first-order valence-electron chi connectivity index (χ1n) is 10.7. The Kier molecular flexibility index (Phi) is 11.7. The van der Waals surface area contributed by atoms with Crippen LogP contribution in [0.3, 0.4) is 0 Å². The first kappa shape index (κ1) is 29.6.